The van der Waals surface area contributed by atoms with Crippen molar-refractivity contribution in [1.29, 1.82) is 5.26 Å². The lowest BCUT2D eigenvalue weighted by Gasteiger charge is -2.27. The molecule has 2 atom stereocenters. The Morgan fingerprint density at radius 1 is 1.18 bits per heavy atom. The standard InChI is InChI=1S/C29H28N6O5/c1-17(26-33-24(25(39-5)29(38)35(26)4)27(36)32-21-15-31-40-16-21)23(18-9-7-6-8-10-18)22-12-11-19(13-20(22)14-30)28(37)34(2)3/h6-13,15-17,23H,1-5H3,(H,32,36). The first-order valence-corrected chi connectivity index (χ1v) is 12.3. The van der Waals surface area contributed by atoms with E-state index in [1.807, 2.05) is 37.3 Å². The van der Waals surface area contributed by atoms with Gasteiger partial charge in [0.1, 0.15) is 17.8 Å². The number of nitrogens with zero attached hydrogens (tertiary/aromatic N) is 5. The fourth-order valence-corrected chi connectivity index (χ4v) is 4.66. The van der Waals surface area contributed by atoms with Gasteiger partial charge in [0, 0.05) is 38.5 Å². The van der Waals surface area contributed by atoms with Gasteiger partial charge in [-0.05, 0) is 23.3 Å². The first-order valence-electron chi connectivity index (χ1n) is 12.3. The highest BCUT2D eigenvalue weighted by molar-refractivity contribution is 6.04. The summed E-state index contributed by atoms with van der Waals surface area (Å²) in [5, 5.41) is 16.3. The van der Waals surface area contributed by atoms with E-state index in [0.717, 1.165) is 5.56 Å². The van der Waals surface area contributed by atoms with Crippen molar-refractivity contribution in [1.82, 2.24) is 19.6 Å². The zero-order chi connectivity index (χ0) is 29.0. The molecule has 2 amide bonds. The molecular formula is C29H28N6O5. The third-order valence-electron chi connectivity index (χ3n) is 6.62. The third kappa shape index (κ3) is 5.33. The van der Waals surface area contributed by atoms with E-state index in [1.54, 1.807) is 39.3 Å². The van der Waals surface area contributed by atoms with E-state index in [2.05, 4.69) is 21.5 Å². The Hall–Kier alpha value is -5.24. The van der Waals surface area contributed by atoms with Crippen molar-refractivity contribution in [2.24, 2.45) is 7.05 Å². The molecule has 11 nitrogen and oxygen atoms in total. The molecule has 1 N–H and O–H groups in total. The van der Waals surface area contributed by atoms with Crippen molar-refractivity contribution in [3.63, 3.8) is 0 Å². The molecule has 0 saturated carbocycles. The maximum atomic E-state index is 13.3. The van der Waals surface area contributed by atoms with Crippen LogP contribution in [-0.4, -0.2) is 52.6 Å². The minimum absolute atomic E-state index is 0.201. The topological polar surface area (TPSA) is 143 Å². The van der Waals surface area contributed by atoms with Crippen LogP contribution in [0.15, 0.2) is 70.3 Å². The highest BCUT2D eigenvalue weighted by Crippen LogP contribution is 2.39. The summed E-state index contributed by atoms with van der Waals surface area (Å²) in [6.45, 7) is 1.87. The Kier molecular flexibility index (Phi) is 8.09. The number of hydrogen-bond donors (Lipinski definition) is 1. The smallest absolute Gasteiger partial charge is 0.296 e. The Bertz CT molecular complexity index is 1640. The average molecular weight is 541 g/mol. The molecule has 0 spiro atoms. The number of hydrogen-bond acceptors (Lipinski definition) is 8. The molecule has 0 aliphatic heterocycles. The Morgan fingerprint density at radius 2 is 1.90 bits per heavy atom. The van der Waals surface area contributed by atoms with Crippen molar-refractivity contribution in [2.75, 3.05) is 26.5 Å². The average Bonchev–Trinajstić information content (AvgIpc) is 3.47. The molecule has 0 saturated heterocycles. The van der Waals surface area contributed by atoms with Crippen LogP contribution in [0.4, 0.5) is 5.69 Å². The molecular weight excluding hydrogens is 512 g/mol. The number of ether oxygens (including phenoxy) is 1. The zero-order valence-electron chi connectivity index (χ0n) is 22.7. The van der Waals surface area contributed by atoms with Crippen molar-refractivity contribution in [2.45, 2.75) is 18.8 Å². The summed E-state index contributed by atoms with van der Waals surface area (Å²) in [4.78, 5) is 45.1. The molecule has 0 aliphatic carbocycles. The van der Waals surface area contributed by atoms with Gasteiger partial charge in [0.05, 0.1) is 24.9 Å². The van der Waals surface area contributed by atoms with Gasteiger partial charge in [-0.1, -0.05) is 48.5 Å². The second-order valence-corrected chi connectivity index (χ2v) is 9.37. The molecule has 2 heterocycles. The molecule has 2 aromatic heterocycles. The maximum absolute atomic E-state index is 13.3. The molecule has 0 aliphatic rings. The van der Waals surface area contributed by atoms with E-state index in [1.165, 1.54) is 29.0 Å². The predicted molar refractivity (Wildman–Crippen MR) is 146 cm³/mol. The van der Waals surface area contributed by atoms with Gasteiger partial charge in [-0.3, -0.25) is 19.0 Å². The normalized spacial score (nSPS) is 12.2. The van der Waals surface area contributed by atoms with Crippen molar-refractivity contribution in [3.05, 3.63) is 105 Å². The molecule has 2 aromatic carbocycles. The zero-order valence-corrected chi connectivity index (χ0v) is 22.7. The van der Waals surface area contributed by atoms with Crippen LogP contribution in [0.25, 0.3) is 0 Å². The van der Waals surface area contributed by atoms with Crippen molar-refractivity contribution in [3.8, 4) is 11.8 Å². The van der Waals surface area contributed by atoms with Crippen LogP contribution in [0, 0.1) is 11.3 Å². The summed E-state index contributed by atoms with van der Waals surface area (Å²) >= 11 is 0. The number of aromatic nitrogens is 3. The van der Waals surface area contributed by atoms with Crippen LogP contribution in [0.1, 0.15) is 62.1 Å². The number of nitriles is 1. The summed E-state index contributed by atoms with van der Waals surface area (Å²) in [5.74, 6) is -1.78. The lowest BCUT2D eigenvalue weighted by atomic mass is 9.79. The summed E-state index contributed by atoms with van der Waals surface area (Å²) in [5.41, 5.74) is 1.75. The van der Waals surface area contributed by atoms with Gasteiger partial charge in [0.25, 0.3) is 17.4 Å². The maximum Gasteiger partial charge on any atom is 0.296 e. The van der Waals surface area contributed by atoms with Crippen LogP contribution < -0.4 is 15.6 Å². The molecule has 0 fully saturated rings. The van der Waals surface area contributed by atoms with E-state index in [9.17, 15) is 19.6 Å². The highest BCUT2D eigenvalue weighted by atomic mass is 16.5. The van der Waals surface area contributed by atoms with Crippen LogP contribution in [0.2, 0.25) is 0 Å². The number of rotatable bonds is 8. The summed E-state index contributed by atoms with van der Waals surface area (Å²) in [6, 6.07) is 16.7. The van der Waals surface area contributed by atoms with Crippen LogP contribution >= 0.6 is 0 Å². The van der Waals surface area contributed by atoms with Gasteiger partial charge >= 0.3 is 0 Å². The number of amides is 2. The van der Waals surface area contributed by atoms with Gasteiger partial charge in [-0.2, -0.15) is 5.26 Å². The van der Waals surface area contributed by atoms with Crippen molar-refractivity contribution >= 4 is 17.5 Å². The molecule has 0 radical (unpaired) electrons. The van der Waals surface area contributed by atoms with Crippen LogP contribution in [-0.2, 0) is 7.05 Å². The summed E-state index contributed by atoms with van der Waals surface area (Å²) in [7, 11) is 6.13. The van der Waals surface area contributed by atoms with Gasteiger partial charge in [0.15, 0.2) is 5.69 Å². The van der Waals surface area contributed by atoms with E-state index >= 15 is 0 Å². The highest BCUT2D eigenvalue weighted by Gasteiger charge is 2.31. The van der Waals surface area contributed by atoms with E-state index < -0.39 is 23.3 Å². The Balaban J connectivity index is 1.89. The minimum atomic E-state index is -0.674. The Morgan fingerprint density at radius 3 is 2.50 bits per heavy atom. The molecule has 40 heavy (non-hydrogen) atoms. The van der Waals surface area contributed by atoms with Gasteiger partial charge in [0.2, 0.25) is 5.75 Å². The first kappa shape index (κ1) is 27.8. The molecule has 0 bridgehead atoms. The number of carbonyl (C=O) groups is 2. The minimum Gasteiger partial charge on any atom is -0.489 e. The van der Waals surface area contributed by atoms with E-state index in [4.69, 9.17) is 9.26 Å². The van der Waals surface area contributed by atoms with Gasteiger partial charge < -0.3 is 19.5 Å². The van der Waals surface area contributed by atoms with E-state index in [0.29, 0.717) is 22.5 Å². The summed E-state index contributed by atoms with van der Waals surface area (Å²) < 4.78 is 11.4. The van der Waals surface area contributed by atoms with Crippen LogP contribution in [0.5, 0.6) is 5.75 Å². The summed E-state index contributed by atoms with van der Waals surface area (Å²) in [6.07, 6.45) is 2.56. The molecule has 2 unspecified atom stereocenters. The fraction of sp³-hybridized carbons (Fsp3) is 0.241. The third-order valence-corrected chi connectivity index (χ3v) is 6.62. The Labute approximate surface area is 230 Å². The second-order valence-electron chi connectivity index (χ2n) is 9.37. The number of nitrogens with one attached hydrogen (secondary N) is 1. The number of methoxy groups -OCH3 is 1. The monoisotopic (exact) mass is 540 g/mol. The lowest BCUT2D eigenvalue weighted by Crippen LogP contribution is -2.31. The van der Waals surface area contributed by atoms with Gasteiger partial charge in [-0.25, -0.2) is 4.98 Å². The predicted octanol–water partition coefficient (Wildman–Crippen LogP) is 3.54. The molecule has 4 aromatic rings. The second kappa shape index (κ2) is 11.7. The van der Waals surface area contributed by atoms with Crippen LogP contribution in [0.3, 0.4) is 0 Å². The quantitative estimate of drug-likeness (QED) is 0.357. The van der Waals surface area contributed by atoms with E-state index in [-0.39, 0.29) is 23.0 Å². The SMILES string of the molecule is COc1c(C(=O)Nc2cnoc2)nc(C(C)C(c2ccccc2)c2ccc(C(=O)N(C)C)cc2C#N)n(C)c1=O. The molecule has 204 valence electrons. The number of carbonyl (C=O) groups excluding carboxylic acids is 2. The lowest BCUT2D eigenvalue weighted by molar-refractivity contribution is 0.0827. The largest absolute Gasteiger partial charge is 0.489 e. The van der Waals surface area contributed by atoms with Gasteiger partial charge in [-0.15, -0.1) is 0 Å². The first-order chi connectivity index (χ1) is 19.2. The fourth-order valence-electron chi connectivity index (χ4n) is 4.66. The molecule has 11 heteroatoms. The number of benzene rings is 2. The number of anilines is 1. The molecule has 4 rings (SSSR count). The van der Waals surface area contributed by atoms with Crippen molar-refractivity contribution < 1.29 is 18.8 Å².